The van der Waals surface area contributed by atoms with E-state index >= 15 is 0 Å². The Kier molecular flexibility index (Phi) is 3.67. The van der Waals surface area contributed by atoms with Crippen molar-refractivity contribution in [3.05, 3.63) is 29.6 Å². The minimum atomic E-state index is -1.41. The monoisotopic (exact) mass is 281 g/mol. The van der Waals surface area contributed by atoms with E-state index in [2.05, 4.69) is 6.07 Å². The number of benzene rings is 1. The lowest BCUT2D eigenvalue weighted by molar-refractivity contribution is 0.0691. The summed E-state index contributed by atoms with van der Waals surface area (Å²) in [6.45, 7) is 0. The number of hydrogen-bond acceptors (Lipinski definition) is 3. The van der Waals surface area contributed by atoms with E-state index in [4.69, 9.17) is 10.4 Å². The van der Waals surface area contributed by atoms with Crippen molar-refractivity contribution < 1.29 is 18.5 Å². The van der Waals surface area contributed by atoms with Gasteiger partial charge in [0.2, 0.25) is 0 Å². The van der Waals surface area contributed by atoms with Crippen molar-refractivity contribution in [1.82, 2.24) is 0 Å². The van der Waals surface area contributed by atoms with E-state index in [-0.39, 0.29) is 5.41 Å². The van der Waals surface area contributed by atoms with E-state index in [9.17, 15) is 13.4 Å². The molecule has 0 aromatic heterocycles. The summed E-state index contributed by atoms with van der Waals surface area (Å²) < 4.78 is 25.4. The number of nitriles is 1. The van der Waals surface area contributed by atoms with Crippen molar-refractivity contribution in [2.24, 2.45) is 5.41 Å². The molecule has 0 radical (unpaired) electrons. The predicted molar refractivity (Wildman–Crippen MR) is 66.5 cm³/mol. The highest BCUT2D eigenvalue weighted by atomic mass is 32.2. The lowest BCUT2D eigenvalue weighted by Gasteiger charge is -2.10. The van der Waals surface area contributed by atoms with Gasteiger partial charge in [-0.3, -0.25) is 4.21 Å². The largest absolute Gasteiger partial charge is 0.478 e. The van der Waals surface area contributed by atoms with Crippen LogP contribution in [0.4, 0.5) is 4.39 Å². The second kappa shape index (κ2) is 5.10. The van der Waals surface area contributed by atoms with Crippen LogP contribution >= 0.6 is 0 Å². The van der Waals surface area contributed by atoms with Gasteiger partial charge in [0.15, 0.2) is 0 Å². The zero-order valence-electron chi connectivity index (χ0n) is 10.1. The summed E-state index contributed by atoms with van der Waals surface area (Å²) in [7, 11) is -1.41. The topological polar surface area (TPSA) is 78.2 Å². The van der Waals surface area contributed by atoms with Gasteiger partial charge in [0.25, 0.3) is 0 Å². The first-order valence-electron chi connectivity index (χ1n) is 5.76. The van der Waals surface area contributed by atoms with Gasteiger partial charge in [-0.15, -0.1) is 0 Å². The first-order chi connectivity index (χ1) is 8.97. The quantitative estimate of drug-likeness (QED) is 0.898. The second-order valence-corrected chi connectivity index (χ2v) is 6.22. The molecular formula is C13H12FNO3S. The third kappa shape index (κ3) is 2.99. The molecule has 1 aromatic rings. The first-order valence-corrected chi connectivity index (χ1v) is 7.07. The van der Waals surface area contributed by atoms with Crippen molar-refractivity contribution >= 4 is 16.8 Å². The summed E-state index contributed by atoms with van der Waals surface area (Å²) in [6, 6.07) is 5.53. The van der Waals surface area contributed by atoms with Crippen LogP contribution in [-0.4, -0.2) is 21.0 Å². The number of nitrogens with zero attached hydrogens (tertiary/aromatic N) is 1. The minimum absolute atomic E-state index is 0.197. The van der Waals surface area contributed by atoms with Crippen molar-refractivity contribution in [1.29, 1.82) is 5.26 Å². The molecule has 2 rings (SSSR count). The summed E-state index contributed by atoms with van der Waals surface area (Å²) in [6.07, 6.45) is 2.07. The van der Waals surface area contributed by atoms with Gasteiger partial charge in [0.05, 0.1) is 22.4 Å². The fourth-order valence-electron chi connectivity index (χ4n) is 1.89. The highest BCUT2D eigenvalue weighted by Gasteiger charge is 2.44. The Bertz CT molecular complexity index is 590. The van der Waals surface area contributed by atoms with Crippen molar-refractivity contribution in [2.45, 2.75) is 24.2 Å². The highest BCUT2D eigenvalue weighted by molar-refractivity contribution is 7.85. The van der Waals surface area contributed by atoms with E-state index < -0.39 is 28.1 Å². The SMILES string of the molecule is N#CCC1(CS(=O)c2ccc(F)c(C(=O)O)c2)CC1. The molecule has 0 bridgehead atoms. The molecule has 4 nitrogen and oxygen atoms in total. The number of carboxylic acid groups (broad SMARTS) is 1. The zero-order chi connectivity index (χ0) is 14.0. The van der Waals surface area contributed by atoms with Crippen LogP contribution in [0.15, 0.2) is 23.1 Å². The number of carboxylic acids is 1. The average Bonchev–Trinajstić information content (AvgIpc) is 3.09. The van der Waals surface area contributed by atoms with Gasteiger partial charge in [-0.1, -0.05) is 0 Å². The third-order valence-electron chi connectivity index (χ3n) is 3.28. The maximum Gasteiger partial charge on any atom is 0.338 e. The van der Waals surface area contributed by atoms with Gasteiger partial charge >= 0.3 is 5.97 Å². The molecule has 1 aromatic carbocycles. The van der Waals surface area contributed by atoms with E-state index in [1.165, 1.54) is 6.07 Å². The fourth-order valence-corrected chi connectivity index (χ4v) is 3.47. The van der Waals surface area contributed by atoms with E-state index in [1.54, 1.807) is 0 Å². The van der Waals surface area contributed by atoms with E-state index in [1.807, 2.05) is 0 Å². The molecule has 1 atom stereocenters. The Morgan fingerprint density at radius 1 is 1.53 bits per heavy atom. The third-order valence-corrected chi connectivity index (χ3v) is 4.93. The van der Waals surface area contributed by atoms with Crippen LogP contribution in [-0.2, 0) is 10.8 Å². The Hall–Kier alpha value is -1.74. The predicted octanol–water partition coefficient (Wildman–Crippen LogP) is 2.33. The van der Waals surface area contributed by atoms with E-state index in [0.717, 1.165) is 25.0 Å². The van der Waals surface area contributed by atoms with Crippen LogP contribution in [0, 0.1) is 22.6 Å². The first kappa shape index (κ1) is 13.7. The molecule has 1 fully saturated rings. The molecule has 0 amide bonds. The maximum atomic E-state index is 13.2. The van der Waals surface area contributed by atoms with Gasteiger partial charge in [-0.2, -0.15) is 5.26 Å². The van der Waals surface area contributed by atoms with Crippen molar-refractivity contribution in [3.63, 3.8) is 0 Å². The lowest BCUT2D eigenvalue weighted by atomic mass is 10.1. The number of carbonyl (C=O) groups is 1. The van der Waals surface area contributed by atoms with Crippen molar-refractivity contribution in [3.8, 4) is 6.07 Å². The Morgan fingerprint density at radius 2 is 2.21 bits per heavy atom. The van der Waals surface area contributed by atoms with E-state index in [0.29, 0.717) is 17.1 Å². The smallest absolute Gasteiger partial charge is 0.338 e. The van der Waals surface area contributed by atoms with Crippen LogP contribution in [0.25, 0.3) is 0 Å². The lowest BCUT2D eigenvalue weighted by Crippen LogP contribution is -2.12. The molecular weight excluding hydrogens is 269 g/mol. The average molecular weight is 281 g/mol. The van der Waals surface area contributed by atoms with Gasteiger partial charge in [0.1, 0.15) is 5.82 Å². The molecule has 0 spiro atoms. The summed E-state index contributed by atoms with van der Waals surface area (Å²) in [5.74, 6) is -1.90. The van der Waals surface area contributed by atoms with Gasteiger partial charge in [-0.25, -0.2) is 9.18 Å². The van der Waals surface area contributed by atoms with Gasteiger partial charge in [0, 0.05) is 17.1 Å². The van der Waals surface area contributed by atoms with Crippen LogP contribution in [0.5, 0.6) is 0 Å². The number of hydrogen-bond donors (Lipinski definition) is 1. The molecule has 1 aliphatic carbocycles. The molecule has 19 heavy (non-hydrogen) atoms. The molecule has 6 heteroatoms. The molecule has 0 heterocycles. The molecule has 0 aliphatic heterocycles. The summed E-state index contributed by atoms with van der Waals surface area (Å²) in [4.78, 5) is 11.1. The van der Waals surface area contributed by atoms with Crippen LogP contribution in [0.2, 0.25) is 0 Å². The summed E-state index contributed by atoms with van der Waals surface area (Å²) in [5, 5.41) is 17.5. The van der Waals surface area contributed by atoms with Crippen molar-refractivity contribution in [2.75, 3.05) is 5.75 Å². The highest BCUT2D eigenvalue weighted by Crippen LogP contribution is 2.49. The van der Waals surface area contributed by atoms with Crippen LogP contribution in [0.1, 0.15) is 29.6 Å². The standard InChI is InChI=1S/C13H12FNO3S/c14-11-2-1-9(7-10(11)12(16)17)19(18)8-13(3-4-13)5-6-15/h1-2,7H,3-5,8H2,(H,16,17). The molecule has 1 saturated carbocycles. The molecule has 100 valence electrons. The zero-order valence-corrected chi connectivity index (χ0v) is 10.9. The maximum absolute atomic E-state index is 13.2. The normalized spacial score (nSPS) is 17.5. The van der Waals surface area contributed by atoms with Gasteiger partial charge < -0.3 is 5.11 Å². The molecule has 0 saturated heterocycles. The molecule has 1 aliphatic rings. The molecule has 1 N–H and O–H groups in total. The Labute approximate surface area is 112 Å². The van der Waals surface area contributed by atoms with Crippen LogP contribution < -0.4 is 0 Å². The minimum Gasteiger partial charge on any atom is -0.478 e. The number of rotatable bonds is 5. The molecule has 1 unspecified atom stereocenters. The van der Waals surface area contributed by atoms with Crippen LogP contribution in [0.3, 0.4) is 0 Å². The summed E-state index contributed by atoms with van der Waals surface area (Å²) >= 11 is 0. The second-order valence-electron chi connectivity index (χ2n) is 4.77. The fraction of sp³-hybridized carbons (Fsp3) is 0.385. The number of halogens is 1. The van der Waals surface area contributed by atoms with Gasteiger partial charge in [-0.05, 0) is 36.5 Å². The summed E-state index contributed by atoms with van der Waals surface area (Å²) in [5.41, 5.74) is -0.673. The Morgan fingerprint density at radius 3 is 2.74 bits per heavy atom. The Balaban J connectivity index is 2.19. The number of aromatic carboxylic acids is 1.